The molecule has 1 atom stereocenters. The molecular formula is C10H18F2N2O4. The maximum atomic E-state index is 12.2. The average molecular weight is 268 g/mol. The number of halogens is 2. The summed E-state index contributed by atoms with van der Waals surface area (Å²) < 4.78 is 24.3. The van der Waals surface area contributed by atoms with Gasteiger partial charge in [-0.05, 0) is 6.42 Å². The van der Waals surface area contributed by atoms with Crippen molar-refractivity contribution >= 4 is 12.0 Å². The highest BCUT2D eigenvalue weighted by atomic mass is 19.3. The third-order valence-corrected chi connectivity index (χ3v) is 2.36. The molecule has 0 aliphatic heterocycles. The smallest absolute Gasteiger partial charge is 0.317 e. The van der Waals surface area contributed by atoms with Gasteiger partial charge in [0.15, 0.2) is 0 Å². The fourth-order valence-electron chi connectivity index (χ4n) is 1.29. The second-order valence-corrected chi connectivity index (χ2v) is 3.69. The Morgan fingerprint density at radius 2 is 2.00 bits per heavy atom. The van der Waals surface area contributed by atoms with Crippen LogP contribution < -0.4 is 5.32 Å². The molecule has 0 aromatic carbocycles. The lowest BCUT2D eigenvalue weighted by Gasteiger charge is -2.22. The zero-order valence-corrected chi connectivity index (χ0v) is 10.1. The zero-order chi connectivity index (χ0) is 14.1. The Labute approximate surface area is 104 Å². The normalized spacial score (nSPS) is 12.3. The molecule has 1 unspecified atom stereocenters. The number of nitrogens with zero attached hydrogens (tertiary/aromatic N) is 1. The van der Waals surface area contributed by atoms with Crippen molar-refractivity contribution in [1.82, 2.24) is 10.2 Å². The van der Waals surface area contributed by atoms with E-state index in [4.69, 9.17) is 10.2 Å². The van der Waals surface area contributed by atoms with E-state index >= 15 is 0 Å². The summed E-state index contributed by atoms with van der Waals surface area (Å²) in [5.41, 5.74) is 0. The summed E-state index contributed by atoms with van der Waals surface area (Å²) in [7, 11) is 0. The molecule has 0 aliphatic rings. The van der Waals surface area contributed by atoms with Crippen molar-refractivity contribution in [3.8, 4) is 0 Å². The number of aliphatic hydroxyl groups is 1. The Balaban J connectivity index is 4.28. The Hall–Kier alpha value is -1.44. The summed E-state index contributed by atoms with van der Waals surface area (Å²) in [4.78, 5) is 22.9. The number of alkyl halides is 2. The van der Waals surface area contributed by atoms with Crippen LogP contribution in [0, 0.1) is 5.92 Å². The molecule has 0 saturated heterocycles. The Morgan fingerprint density at radius 3 is 2.39 bits per heavy atom. The molecule has 0 spiro atoms. The van der Waals surface area contributed by atoms with Crippen molar-refractivity contribution in [3.05, 3.63) is 0 Å². The summed E-state index contributed by atoms with van der Waals surface area (Å²) in [5, 5.41) is 19.7. The van der Waals surface area contributed by atoms with Crippen molar-refractivity contribution in [2.24, 2.45) is 5.92 Å². The van der Waals surface area contributed by atoms with Crippen LogP contribution in [0.15, 0.2) is 0 Å². The lowest BCUT2D eigenvalue weighted by Crippen LogP contribution is -2.45. The van der Waals surface area contributed by atoms with Crippen molar-refractivity contribution in [1.29, 1.82) is 0 Å². The molecular weight excluding hydrogens is 250 g/mol. The van der Waals surface area contributed by atoms with Crippen molar-refractivity contribution in [3.63, 3.8) is 0 Å². The van der Waals surface area contributed by atoms with Crippen LogP contribution in [0.3, 0.4) is 0 Å². The molecule has 6 nitrogen and oxygen atoms in total. The number of hydrogen-bond acceptors (Lipinski definition) is 3. The van der Waals surface area contributed by atoms with E-state index in [1.165, 1.54) is 0 Å². The summed E-state index contributed by atoms with van der Waals surface area (Å²) in [6.45, 7) is 0.0675. The Kier molecular flexibility index (Phi) is 7.93. The van der Waals surface area contributed by atoms with Crippen LogP contribution in [-0.2, 0) is 4.79 Å². The van der Waals surface area contributed by atoms with Gasteiger partial charge in [0.25, 0.3) is 6.43 Å². The van der Waals surface area contributed by atoms with Gasteiger partial charge in [0.05, 0.1) is 19.1 Å². The van der Waals surface area contributed by atoms with E-state index in [1.807, 2.05) is 0 Å². The molecule has 0 rings (SSSR count). The number of nitrogens with one attached hydrogen (secondary N) is 1. The Bertz CT molecular complexity index is 277. The zero-order valence-electron chi connectivity index (χ0n) is 10.1. The van der Waals surface area contributed by atoms with Gasteiger partial charge < -0.3 is 20.4 Å². The predicted molar refractivity (Wildman–Crippen MR) is 59.5 cm³/mol. The topological polar surface area (TPSA) is 89.9 Å². The minimum Gasteiger partial charge on any atom is -0.481 e. The third kappa shape index (κ3) is 6.33. The molecule has 0 fully saturated rings. The lowest BCUT2D eigenvalue weighted by molar-refractivity contribution is -0.141. The van der Waals surface area contributed by atoms with Gasteiger partial charge in [-0.3, -0.25) is 4.79 Å². The number of hydrogen-bond donors (Lipinski definition) is 3. The minimum absolute atomic E-state index is 0.129. The van der Waals surface area contributed by atoms with Crippen molar-refractivity contribution in [2.45, 2.75) is 19.8 Å². The summed E-state index contributed by atoms with van der Waals surface area (Å²) in [5.74, 6) is -1.81. The van der Waals surface area contributed by atoms with Crippen molar-refractivity contribution in [2.75, 3.05) is 26.2 Å². The molecule has 106 valence electrons. The van der Waals surface area contributed by atoms with E-state index in [1.54, 1.807) is 6.92 Å². The molecule has 0 bridgehead atoms. The van der Waals surface area contributed by atoms with Gasteiger partial charge in [0, 0.05) is 13.1 Å². The van der Waals surface area contributed by atoms with E-state index < -0.39 is 37.5 Å². The van der Waals surface area contributed by atoms with Crippen LogP contribution in [0.5, 0.6) is 0 Å². The van der Waals surface area contributed by atoms with Crippen LogP contribution in [0.4, 0.5) is 13.6 Å². The van der Waals surface area contributed by atoms with Gasteiger partial charge in [0.2, 0.25) is 0 Å². The molecule has 8 heteroatoms. The predicted octanol–water partition coefficient (Wildman–Crippen LogP) is 0.366. The van der Waals surface area contributed by atoms with Gasteiger partial charge in [-0.2, -0.15) is 0 Å². The van der Waals surface area contributed by atoms with Crippen LogP contribution in [0.1, 0.15) is 13.3 Å². The van der Waals surface area contributed by atoms with Gasteiger partial charge in [-0.15, -0.1) is 0 Å². The molecule has 2 amide bonds. The van der Waals surface area contributed by atoms with E-state index in [0.717, 1.165) is 4.90 Å². The van der Waals surface area contributed by atoms with Crippen LogP contribution >= 0.6 is 0 Å². The lowest BCUT2D eigenvalue weighted by atomic mass is 10.1. The number of carboxylic acids is 1. The molecule has 18 heavy (non-hydrogen) atoms. The summed E-state index contributed by atoms with van der Waals surface area (Å²) >= 11 is 0. The fraction of sp³-hybridized carbons (Fsp3) is 0.800. The first kappa shape index (κ1) is 16.6. The second kappa shape index (κ2) is 8.62. The fourth-order valence-corrected chi connectivity index (χ4v) is 1.29. The summed E-state index contributed by atoms with van der Waals surface area (Å²) in [6.07, 6.45) is -2.38. The SMILES string of the molecule is CCC(CNC(=O)N(CCO)CC(F)F)C(=O)O. The second-order valence-electron chi connectivity index (χ2n) is 3.69. The minimum atomic E-state index is -2.70. The number of carboxylic acid groups (broad SMARTS) is 1. The molecule has 0 aliphatic carbocycles. The summed E-state index contributed by atoms with van der Waals surface area (Å²) in [6, 6.07) is -0.802. The average Bonchev–Trinajstić information content (AvgIpc) is 2.28. The van der Waals surface area contributed by atoms with Gasteiger partial charge >= 0.3 is 12.0 Å². The molecule has 0 heterocycles. The highest BCUT2D eigenvalue weighted by Gasteiger charge is 2.20. The Morgan fingerprint density at radius 1 is 1.39 bits per heavy atom. The highest BCUT2D eigenvalue weighted by Crippen LogP contribution is 2.02. The van der Waals surface area contributed by atoms with Crippen LogP contribution in [0.2, 0.25) is 0 Å². The number of aliphatic hydroxyl groups excluding tert-OH is 1. The van der Waals surface area contributed by atoms with Gasteiger partial charge in [-0.25, -0.2) is 13.6 Å². The van der Waals surface area contributed by atoms with E-state index in [9.17, 15) is 18.4 Å². The third-order valence-electron chi connectivity index (χ3n) is 2.36. The van der Waals surface area contributed by atoms with E-state index in [0.29, 0.717) is 6.42 Å². The monoisotopic (exact) mass is 268 g/mol. The number of amides is 2. The van der Waals surface area contributed by atoms with Crippen LogP contribution in [-0.4, -0.2) is 59.8 Å². The number of carbonyl (C=O) groups excluding carboxylic acids is 1. The van der Waals surface area contributed by atoms with E-state index in [-0.39, 0.29) is 13.1 Å². The first-order chi connectivity index (χ1) is 8.42. The van der Waals surface area contributed by atoms with Gasteiger partial charge in [-0.1, -0.05) is 6.92 Å². The molecule has 0 saturated carbocycles. The first-order valence-electron chi connectivity index (χ1n) is 5.56. The number of urea groups is 1. The maximum absolute atomic E-state index is 12.2. The number of rotatable bonds is 8. The van der Waals surface area contributed by atoms with Crippen molar-refractivity contribution < 1.29 is 28.6 Å². The van der Waals surface area contributed by atoms with Gasteiger partial charge in [0.1, 0.15) is 0 Å². The maximum Gasteiger partial charge on any atom is 0.317 e. The van der Waals surface area contributed by atoms with Crippen LogP contribution in [0.25, 0.3) is 0 Å². The molecule has 3 N–H and O–H groups in total. The standard InChI is InChI=1S/C10H18F2N2O4/c1-2-7(9(16)17)5-13-10(18)14(3-4-15)6-8(11)12/h7-8,15H,2-6H2,1H3,(H,13,18)(H,16,17). The molecule has 0 aromatic rings. The quantitative estimate of drug-likeness (QED) is 0.593. The number of carbonyl (C=O) groups is 2. The number of aliphatic carboxylic acids is 1. The van der Waals surface area contributed by atoms with E-state index in [2.05, 4.69) is 5.32 Å². The first-order valence-corrected chi connectivity index (χ1v) is 5.56. The highest BCUT2D eigenvalue weighted by molar-refractivity contribution is 5.76. The largest absolute Gasteiger partial charge is 0.481 e. The molecule has 0 aromatic heterocycles. The molecule has 0 radical (unpaired) electrons.